The minimum absolute atomic E-state index is 0.109. The molecule has 1 aliphatic carbocycles. The number of rotatable bonds is 6. The molecule has 0 spiro atoms. The number of hydrogen-bond donors (Lipinski definition) is 3. The molecule has 0 saturated heterocycles. The predicted octanol–water partition coefficient (Wildman–Crippen LogP) is 3.08. The van der Waals surface area contributed by atoms with Crippen LogP contribution in [0.4, 0.5) is 18.6 Å². The van der Waals surface area contributed by atoms with Crippen LogP contribution >= 0.6 is 11.5 Å². The third kappa shape index (κ3) is 4.33. The van der Waals surface area contributed by atoms with Crippen LogP contribution in [-0.4, -0.2) is 22.4 Å². The zero-order valence-corrected chi connectivity index (χ0v) is 15.3. The Hall–Kier alpha value is -2.75. The number of nitrogens with two attached hydrogens (primary N) is 1. The highest BCUT2D eigenvalue weighted by molar-refractivity contribution is 7.11. The average molecular weight is 396 g/mol. The molecular formula is C17H18F2N4O3S. The first kappa shape index (κ1) is 19.0. The van der Waals surface area contributed by atoms with Crippen LogP contribution in [-0.2, 0) is 6.61 Å². The second-order valence-electron chi connectivity index (χ2n) is 6.28. The molecule has 1 fully saturated rings. The van der Waals surface area contributed by atoms with Crippen molar-refractivity contribution in [2.45, 2.75) is 38.8 Å². The summed E-state index contributed by atoms with van der Waals surface area (Å²) in [5, 5.41) is 5.38. The molecule has 144 valence electrons. The van der Waals surface area contributed by atoms with Crippen LogP contribution in [0.5, 0.6) is 5.88 Å². The molecule has 4 N–H and O–H groups in total. The summed E-state index contributed by atoms with van der Waals surface area (Å²) >= 11 is 0.796. The monoisotopic (exact) mass is 396 g/mol. The quantitative estimate of drug-likeness (QED) is 0.698. The van der Waals surface area contributed by atoms with Crippen LogP contribution in [0.15, 0.2) is 12.1 Å². The number of aryl methyl sites for hydroxylation is 1. The molecule has 1 aromatic heterocycles. The number of amides is 3. The maximum Gasteiger partial charge on any atom is 0.320 e. The van der Waals surface area contributed by atoms with Crippen molar-refractivity contribution < 1.29 is 23.1 Å². The van der Waals surface area contributed by atoms with Crippen LogP contribution in [0, 0.1) is 18.6 Å². The van der Waals surface area contributed by atoms with Gasteiger partial charge in [-0.25, -0.2) is 13.6 Å². The Morgan fingerprint density at radius 1 is 1.33 bits per heavy atom. The number of ether oxygens (including phenoxy) is 1. The number of anilines is 1. The molecule has 0 aliphatic heterocycles. The normalized spacial score (nSPS) is 13.7. The second kappa shape index (κ2) is 7.87. The van der Waals surface area contributed by atoms with E-state index in [4.69, 9.17) is 10.5 Å². The third-order valence-corrected chi connectivity index (χ3v) is 4.96. The fraction of sp³-hybridized carbons (Fsp3) is 0.353. The van der Waals surface area contributed by atoms with E-state index in [1.165, 1.54) is 12.1 Å². The molecule has 2 aromatic rings. The number of carbonyl (C=O) groups excluding carboxylic acids is 2. The average Bonchev–Trinajstić information content (AvgIpc) is 2.92. The molecule has 7 nitrogen and oxygen atoms in total. The van der Waals surface area contributed by atoms with Gasteiger partial charge in [0.25, 0.3) is 5.91 Å². The topological polar surface area (TPSA) is 106 Å². The highest BCUT2D eigenvalue weighted by atomic mass is 32.1. The minimum Gasteiger partial charge on any atom is -0.471 e. The van der Waals surface area contributed by atoms with E-state index < -0.39 is 30.2 Å². The number of halogens is 2. The Morgan fingerprint density at radius 2 is 2.00 bits per heavy atom. The molecule has 0 unspecified atom stereocenters. The third-order valence-electron chi connectivity index (χ3n) is 4.21. The molecule has 0 radical (unpaired) electrons. The molecule has 3 rings (SSSR count). The number of hydrogen-bond acceptors (Lipinski definition) is 5. The highest BCUT2D eigenvalue weighted by Gasteiger charge is 2.25. The molecule has 1 aromatic carbocycles. The molecular weight excluding hydrogens is 378 g/mol. The summed E-state index contributed by atoms with van der Waals surface area (Å²) in [5.41, 5.74) is 5.35. The highest BCUT2D eigenvalue weighted by Crippen LogP contribution is 2.31. The molecule has 1 aliphatic rings. The summed E-state index contributed by atoms with van der Waals surface area (Å²) in [5.74, 6) is -2.59. The van der Waals surface area contributed by atoms with E-state index in [9.17, 15) is 18.4 Å². The molecule has 0 atom stereocenters. The predicted molar refractivity (Wildman–Crippen MR) is 95.9 cm³/mol. The Morgan fingerprint density at radius 3 is 2.56 bits per heavy atom. The van der Waals surface area contributed by atoms with Crippen molar-refractivity contribution in [3.63, 3.8) is 0 Å². The van der Waals surface area contributed by atoms with Gasteiger partial charge in [0.15, 0.2) is 0 Å². The van der Waals surface area contributed by atoms with E-state index in [0.717, 1.165) is 30.8 Å². The van der Waals surface area contributed by atoms with Gasteiger partial charge >= 0.3 is 6.03 Å². The van der Waals surface area contributed by atoms with Crippen LogP contribution < -0.4 is 21.1 Å². The molecule has 3 amide bonds. The minimum atomic E-state index is -0.873. The number of urea groups is 1. The fourth-order valence-corrected chi connectivity index (χ4v) is 3.30. The van der Waals surface area contributed by atoms with Gasteiger partial charge in [-0.15, -0.1) is 0 Å². The first-order chi connectivity index (χ1) is 12.8. The van der Waals surface area contributed by atoms with Crippen molar-refractivity contribution in [3.05, 3.63) is 40.5 Å². The van der Waals surface area contributed by atoms with Crippen LogP contribution in [0.1, 0.15) is 40.7 Å². The van der Waals surface area contributed by atoms with E-state index in [1.54, 1.807) is 6.92 Å². The maximum atomic E-state index is 13.9. The van der Waals surface area contributed by atoms with Gasteiger partial charge in [-0.1, -0.05) is 0 Å². The fourth-order valence-electron chi connectivity index (χ4n) is 2.56. The maximum absolute atomic E-state index is 13.9. The Bertz CT molecular complexity index is 860. The Kier molecular flexibility index (Phi) is 5.54. The Labute approximate surface area is 158 Å². The summed E-state index contributed by atoms with van der Waals surface area (Å²) in [6.07, 6.45) is 2.86. The van der Waals surface area contributed by atoms with Gasteiger partial charge < -0.3 is 15.8 Å². The van der Waals surface area contributed by atoms with Gasteiger partial charge in [-0.05, 0) is 55.4 Å². The first-order valence-corrected chi connectivity index (χ1v) is 9.06. The van der Waals surface area contributed by atoms with Crippen molar-refractivity contribution in [2.75, 3.05) is 5.32 Å². The molecule has 1 saturated carbocycles. The van der Waals surface area contributed by atoms with Crippen molar-refractivity contribution >= 4 is 28.5 Å². The lowest BCUT2D eigenvalue weighted by molar-refractivity contribution is 0.0996. The zero-order valence-electron chi connectivity index (χ0n) is 14.5. The van der Waals surface area contributed by atoms with Crippen LogP contribution in [0.25, 0.3) is 0 Å². The van der Waals surface area contributed by atoms with Crippen molar-refractivity contribution in [2.24, 2.45) is 5.73 Å². The number of primary amides is 1. The zero-order chi connectivity index (χ0) is 19.6. The standard InChI is InChI=1S/C17H18F2N4O3S/c1-8-5-11(18)10(12(19)6-8)7-26-15-13(14(20)24)16(27-23-15)22-17(25)21-9-3-2-4-9/h5-6,9H,2-4,7H2,1H3,(H2,20,24)(H2,21,22,25). The van der Waals surface area contributed by atoms with E-state index in [0.29, 0.717) is 5.56 Å². The number of carbonyl (C=O) groups is 2. The van der Waals surface area contributed by atoms with Crippen molar-refractivity contribution in [3.8, 4) is 5.88 Å². The van der Waals surface area contributed by atoms with Gasteiger partial charge in [0, 0.05) is 6.04 Å². The summed E-state index contributed by atoms with van der Waals surface area (Å²) in [7, 11) is 0. The molecule has 0 bridgehead atoms. The second-order valence-corrected chi connectivity index (χ2v) is 7.05. The molecule has 27 heavy (non-hydrogen) atoms. The molecule has 1 heterocycles. The number of nitrogens with one attached hydrogen (secondary N) is 2. The molecule has 10 heteroatoms. The largest absolute Gasteiger partial charge is 0.471 e. The first-order valence-electron chi connectivity index (χ1n) is 8.29. The van der Waals surface area contributed by atoms with E-state index in [2.05, 4.69) is 15.0 Å². The lowest BCUT2D eigenvalue weighted by atomic mass is 9.93. The van der Waals surface area contributed by atoms with Crippen LogP contribution in [0.2, 0.25) is 0 Å². The van der Waals surface area contributed by atoms with Crippen molar-refractivity contribution in [1.29, 1.82) is 0 Å². The Balaban J connectivity index is 1.73. The van der Waals surface area contributed by atoms with E-state index in [-0.39, 0.29) is 28.0 Å². The van der Waals surface area contributed by atoms with Crippen LogP contribution in [0.3, 0.4) is 0 Å². The summed E-state index contributed by atoms with van der Waals surface area (Å²) < 4.78 is 37.1. The number of benzene rings is 1. The summed E-state index contributed by atoms with van der Waals surface area (Å²) in [6, 6.07) is 1.98. The van der Waals surface area contributed by atoms with Gasteiger partial charge in [0.1, 0.15) is 28.8 Å². The van der Waals surface area contributed by atoms with E-state index >= 15 is 0 Å². The lowest BCUT2D eigenvalue weighted by Crippen LogP contribution is -2.41. The lowest BCUT2D eigenvalue weighted by Gasteiger charge is -2.26. The summed E-state index contributed by atoms with van der Waals surface area (Å²) in [6.45, 7) is 1.09. The van der Waals surface area contributed by atoms with Gasteiger partial charge in [-0.3, -0.25) is 10.1 Å². The number of aromatic nitrogens is 1. The summed E-state index contributed by atoms with van der Waals surface area (Å²) in [4.78, 5) is 23.7. The smallest absolute Gasteiger partial charge is 0.320 e. The van der Waals surface area contributed by atoms with Gasteiger partial charge in [0.05, 0.1) is 5.56 Å². The number of nitrogens with zero attached hydrogens (tertiary/aromatic N) is 1. The SMILES string of the molecule is Cc1cc(F)c(COc2nsc(NC(=O)NC3CCC3)c2C(N)=O)c(F)c1. The van der Waals surface area contributed by atoms with Crippen molar-refractivity contribution in [1.82, 2.24) is 9.69 Å². The van der Waals surface area contributed by atoms with Gasteiger partial charge in [0.2, 0.25) is 5.88 Å². The van der Waals surface area contributed by atoms with E-state index in [1.807, 2.05) is 0 Å². The van der Waals surface area contributed by atoms with Gasteiger partial charge in [-0.2, -0.15) is 4.37 Å².